The van der Waals surface area contributed by atoms with Gasteiger partial charge in [-0.05, 0) is 47.5 Å². The number of benzene rings is 3. The molecule has 0 aliphatic heterocycles. The molecule has 0 radical (unpaired) electrons. The second-order valence-electron chi connectivity index (χ2n) is 6.92. The quantitative estimate of drug-likeness (QED) is 0.348. The van der Waals surface area contributed by atoms with Crippen molar-refractivity contribution in [1.29, 1.82) is 5.26 Å². The number of hydrogen-bond donors (Lipinski definition) is 1. The number of halogens is 3. The van der Waals surface area contributed by atoms with Crippen molar-refractivity contribution in [2.45, 2.75) is 12.8 Å². The van der Waals surface area contributed by atoms with Gasteiger partial charge in [0.05, 0.1) is 29.9 Å². The minimum Gasteiger partial charge on any atom is -0.493 e. The SMILES string of the molecule is COc1cccc(/C=C(/C#N)c2cccc(C(F)(F)F)c2)c1OCc1ccc(C(=O)O)cc1. The molecule has 0 aliphatic rings. The van der Waals surface area contributed by atoms with E-state index in [0.29, 0.717) is 22.6 Å². The summed E-state index contributed by atoms with van der Waals surface area (Å²) in [5, 5.41) is 18.6. The van der Waals surface area contributed by atoms with Gasteiger partial charge in [0.2, 0.25) is 0 Å². The molecule has 0 unspecified atom stereocenters. The Bertz CT molecular complexity index is 1230. The maximum atomic E-state index is 13.1. The third kappa shape index (κ3) is 5.71. The molecule has 0 fully saturated rings. The van der Waals surface area contributed by atoms with E-state index in [1.807, 2.05) is 6.07 Å². The molecule has 0 aromatic heterocycles. The molecule has 1 N–H and O–H groups in total. The normalized spacial score (nSPS) is 11.5. The minimum absolute atomic E-state index is 0.0185. The van der Waals surface area contributed by atoms with Gasteiger partial charge in [-0.25, -0.2) is 4.79 Å². The van der Waals surface area contributed by atoms with Gasteiger partial charge in [-0.1, -0.05) is 36.4 Å². The number of para-hydroxylation sites is 1. The van der Waals surface area contributed by atoms with E-state index in [2.05, 4.69) is 0 Å². The molecule has 3 rings (SSSR count). The summed E-state index contributed by atoms with van der Waals surface area (Å²) in [6, 6.07) is 17.5. The molecule has 0 aliphatic carbocycles. The van der Waals surface area contributed by atoms with Crippen molar-refractivity contribution >= 4 is 17.6 Å². The number of alkyl halides is 3. The predicted octanol–water partition coefficient (Wildman–Crippen LogP) is 6.06. The highest BCUT2D eigenvalue weighted by Crippen LogP contribution is 2.35. The monoisotopic (exact) mass is 453 g/mol. The van der Waals surface area contributed by atoms with E-state index in [0.717, 1.165) is 12.1 Å². The Balaban J connectivity index is 1.95. The molecular formula is C25H18F3NO4. The van der Waals surface area contributed by atoms with Gasteiger partial charge in [0, 0.05) is 5.56 Å². The molecule has 8 heteroatoms. The number of hydrogen-bond acceptors (Lipinski definition) is 4. The summed E-state index contributed by atoms with van der Waals surface area (Å²) in [7, 11) is 1.44. The van der Waals surface area contributed by atoms with Crippen LogP contribution in [-0.2, 0) is 12.8 Å². The first-order valence-corrected chi connectivity index (χ1v) is 9.64. The number of allylic oxidation sites excluding steroid dienone is 1. The smallest absolute Gasteiger partial charge is 0.416 e. The topological polar surface area (TPSA) is 79.5 Å². The average Bonchev–Trinajstić information content (AvgIpc) is 2.81. The van der Waals surface area contributed by atoms with E-state index in [9.17, 15) is 23.2 Å². The molecule has 168 valence electrons. The Morgan fingerprint density at radius 1 is 1.06 bits per heavy atom. The van der Waals surface area contributed by atoms with Crippen molar-refractivity contribution in [3.63, 3.8) is 0 Å². The molecule has 5 nitrogen and oxygen atoms in total. The van der Waals surface area contributed by atoms with Crippen LogP contribution in [0.15, 0.2) is 66.7 Å². The standard InChI is InChI=1S/C25H18F3NO4/c1-32-22-7-3-5-19(23(22)33-15-16-8-10-17(11-9-16)24(30)31)12-20(14-29)18-4-2-6-21(13-18)25(26,27)28/h2-13H,15H2,1H3,(H,30,31)/b20-12-. The van der Waals surface area contributed by atoms with Gasteiger partial charge < -0.3 is 14.6 Å². The summed E-state index contributed by atoms with van der Waals surface area (Å²) < 4.78 is 50.5. The maximum Gasteiger partial charge on any atom is 0.416 e. The zero-order valence-corrected chi connectivity index (χ0v) is 17.4. The van der Waals surface area contributed by atoms with E-state index in [1.54, 1.807) is 30.3 Å². The minimum atomic E-state index is -4.53. The number of ether oxygens (including phenoxy) is 2. The molecule has 0 atom stereocenters. The molecule has 0 bridgehead atoms. The Morgan fingerprint density at radius 2 is 1.76 bits per heavy atom. The van der Waals surface area contributed by atoms with Crippen molar-refractivity contribution in [2.75, 3.05) is 7.11 Å². The number of carboxylic acids is 1. The van der Waals surface area contributed by atoms with Crippen LogP contribution in [0.25, 0.3) is 11.6 Å². The van der Waals surface area contributed by atoms with Crippen LogP contribution in [0.2, 0.25) is 0 Å². The highest BCUT2D eigenvalue weighted by Gasteiger charge is 2.30. The van der Waals surface area contributed by atoms with Crippen LogP contribution in [0, 0.1) is 11.3 Å². The van der Waals surface area contributed by atoms with Crippen LogP contribution >= 0.6 is 0 Å². The summed E-state index contributed by atoms with van der Waals surface area (Å²) in [5.41, 5.74) is 0.549. The van der Waals surface area contributed by atoms with Crippen molar-refractivity contribution in [3.05, 3.63) is 94.5 Å². The van der Waals surface area contributed by atoms with Crippen LogP contribution in [0.1, 0.15) is 32.6 Å². The summed E-state index contributed by atoms with van der Waals surface area (Å²) in [6.45, 7) is 0.0760. The Morgan fingerprint density at radius 3 is 2.36 bits per heavy atom. The van der Waals surface area contributed by atoms with Gasteiger partial charge in [-0.15, -0.1) is 0 Å². The fraction of sp³-hybridized carbons (Fsp3) is 0.120. The van der Waals surface area contributed by atoms with Crippen molar-refractivity contribution in [2.24, 2.45) is 0 Å². The molecular weight excluding hydrogens is 435 g/mol. The molecule has 3 aromatic rings. The van der Waals surface area contributed by atoms with Gasteiger partial charge in [0.25, 0.3) is 0 Å². The first-order chi connectivity index (χ1) is 15.7. The van der Waals surface area contributed by atoms with E-state index in [4.69, 9.17) is 14.6 Å². The highest BCUT2D eigenvalue weighted by molar-refractivity contribution is 5.91. The average molecular weight is 453 g/mol. The molecule has 0 spiro atoms. The van der Waals surface area contributed by atoms with E-state index >= 15 is 0 Å². The van der Waals surface area contributed by atoms with Crippen LogP contribution in [0.5, 0.6) is 11.5 Å². The third-order valence-electron chi connectivity index (χ3n) is 4.73. The zero-order chi connectivity index (χ0) is 24.0. The third-order valence-corrected chi connectivity index (χ3v) is 4.73. The second kappa shape index (κ2) is 9.92. The van der Waals surface area contributed by atoms with Crippen LogP contribution in [-0.4, -0.2) is 18.2 Å². The number of aromatic carboxylic acids is 1. The van der Waals surface area contributed by atoms with Gasteiger partial charge in [-0.3, -0.25) is 0 Å². The van der Waals surface area contributed by atoms with Crippen molar-refractivity contribution in [3.8, 4) is 17.6 Å². The summed E-state index contributed by atoms with van der Waals surface area (Å²) in [4.78, 5) is 11.0. The molecule has 3 aromatic carbocycles. The van der Waals surface area contributed by atoms with Gasteiger partial charge in [0.1, 0.15) is 6.61 Å². The second-order valence-corrected chi connectivity index (χ2v) is 6.92. The van der Waals surface area contributed by atoms with Crippen LogP contribution in [0.3, 0.4) is 0 Å². The lowest BCUT2D eigenvalue weighted by Crippen LogP contribution is -2.05. The molecule has 0 saturated heterocycles. The molecule has 0 heterocycles. The molecule has 0 amide bonds. The maximum absolute atomic E-state index is 13.1. The predicted molar refractivity (Wildman–Crippen MR) is 116 cm³/mol. The number of nitrogens with zero attached hydrogens (tertiary/aromatic N) is 1. The Labute approximate surface area is 187 Å². The Hall–Kier alpha value is -4.25. The zero-order valence-electron chi connectivity index (χ0n) is 17.4. The van der Waals surface area contributed by atoms with Crippen LogP contribution < -0.4 is 9.47 Å². The van der Waals surface area contributed by atoms with E-state index in [-0.39, 0.29) is 23.3 Å². The molecule has 33 heavy (non-hydrogen) atoms. The van der Waals surface area contributed by atoms with Gasteiger partial charge >= 0.3 is 12.1 Å². The number of carbonyl (C=O) groups is 1. The summed E-state index contributed by atoms with van der Waals surface area (Å²) in [5.74, 6) is -0.382. The van der Waals surface area contributed by atoms with Crippen molar-refractivity contribution in [1.82, 2.24) is 0 Å². The summed E-state index contributed by atoms with van der Waals surface area (Å²) in [6.07, 6.45) is -3.10. The first-order valence-electron chi connectivity index (χ1n) is 9.64. The Kier molecular flexibility index (Phi) is 7.04. The van der Waals surface area contributed by atoms with Crippen LogP contribution in [0.4, 0.5) is 13.2 Å². The number of nitriles is 1. The fourth-order valence-corrected chi connectivity index (χ4v) is 3.06. The van der Waals surface area contributed by atoms with Gasteiger partial charge in [-0.2, -0.15) is 18.4 Å². The summed E-state index contributed by atoms with van der Waals surface area (Å²) >= 11 is 0. The van der Waals surface area contributed by atoms with E-state index < -0.39 is 17.7 Å². The van der Waals surface area contributed by atoms with Crippen molar-refractivity contribution < 1.29 is 32.5 Å². The number of methoxy groups -OCH3 is 1. The largest absolute Gasteiger partial charge is 0.493 e. The highest BCUT2D eigenvalue weighted by atomic mass is 19.4. The van der Waals surface area contributed by atoms with Gasteiger partial charge in [0.15, 0.2) is 11.5 Å². The lowest BCUT2D eigenvalue weighted by atomic mass is 10.0. The number of rotatable bonds is 7. The fourth-order valence-electron chi connectivity index (χ4n) is 3.06. The first kappa shape index (κ1) is 23.4. The molecule has 0 saturated carbocycles. The lowest BCUT2D eigenvalue weighted by molar-refractivity contribution is -0.137. The lowest BCUT2D eigenvalue weighted by Gasteiger charge is -2.14. The van der Waals surface area contributed by atoms with E-state index in [1.165, 1.54) is 37.5 Å². The number of carboxylic acid groups (broad SMARTS) is 1.